The predicted molar refractivity (Wildman–Crippen MR) is 111 cm³/mol. The molecule has 2 heterocycles. The Hall–Kier alpha value is -3.40. The number of allylic oxidation sites excluding steroid dienone is 1. The molecule has 0 atom stereocenters. The van der Waals surface area contributed by atoms with E-state index in [0.29, 0.717) is 45.5 Å². The molecule has 4 rings (SSSR count). The highest BCUT2D eigenvalue weighted by Crippen LogP contribution is 2.44. The number of rotatable bonds is 4. The summed E-state index contributed by atoms with van der Waals surface area (Å²) >= 11 is 0. The fourth-order valence-corrected chi connectivity index (χ4v) is 4.93. The Balaban J connectivity index is 1.79. The molecule has 30 heavy (non-hydrogen) atoms. The SMILES string of the molecule is COc1cc2c(cc1OC)N(C)S(=O)(=O)C(C(=O)Nc1ccc3c(c1)OCO3)=C2C. The third kappa shape index (κ3) is 3.00. The molecule has 0 saturated carbocycles. The van der Waals surface area contributed by atoms with Gasteiger partial charge in [0.25, 0.3) is 15.9 Å². The Morgan fingerprint density at radius 3 is 2.43 bits per heavy atom. The van der Waals surface area contributed by atoms with Gasteiger partial charge in [-0.1, -0.05) is 0 Å². The van der Waals surface area contributed by atoms with Crippen LogP contribution < -0.4 is 28.6 Å². The zero-order chi connectivity index (χ0) is 21.6. The van der Waals surface area contributed by atoms with Gasteiger partial charge < -0.3 is 24.3 Å². The molecule has 0 radical (unpaired) electrons. The second-order valence-corrected chi connectivity index (χ2v) is 8.58. The van der Waals surface area contributed by atoms with Gasteiger partial charge in [-0.3, -0.25) is 9.10 Å². The van der Waals surface area contributed by atoms with Crippen LogP contribution in [-0.2, 0) is 14.8 Å². The molecule has 1 N–H and O–H groups in total. The third-order valence-corrected chi connectivity index (χ3v) is 6.97. The highest BCUT2D eigenvalue weighted by atomic mass is 32.2. The van der Waals surface area contributed by atoms with Crippen LogP contribution in [0.25, 0.3) is 5.57 Å². The first-order valence-corrected chi connectivity index (χ1v) is 10.4. The molecule has 0 saturated heterocycles. The van der Waals surface area contributed by atoms with Crippen LogP contribution in [0.5, 0.6) is 23.0 Å². The number of methoxy groups -OCH3 is 2. The Morgan fingerprint density at radius 2 is 1.73 bits per heavy atom. The number of nitrogens with one attached hydrogen (secondary N) is 1. The van der Waals surface area contributed by atoms with E-state index in [2.05, 4.69) is 5.32 Å². The first-order valence-electron chi connectivity index (χ1n) is 8.95. The van der Waals surface area contributed by atoms with Crippen molar-refractivity contribution in [1.29, 1.82) is 0 Å². The number of carbonyl (C=O) groups is 1. The van der Waals surface area contributed by atoms with Crippen LogP contribution in [-0.4, -0.2) is 42.4 Å². The van der Waals surface area contributed by atoms with E-state index in [1.807, 2.05) is 0 Å². The molecule has 0 bridgehead atoms. The third-order valence-electron chi connectivity index (χ3n) is 5.04. The molecule has 2 aromatic carbocycles. The van der Waals surface area contributed by atoms with E-state index in [1.165, 1.54) is 21.3 Å². The molecule has 2 aliphatic rings. The molecule has 0 aliphatic carbocycles. The average Bonchev–Trinajstić information content (AvgIpc) is 3.19. The summed E-state index contributed by atoms with van der Waals surface area (Å²) in [5.41, 5.74) is 1.65. The summed E-state index contributed by atoms with van der Waals surface area (Å²) in [7, 11) is 0.250. The largest absolute Gasteiger partial charge is 0.493 e. The van der Waals surface area contributed by atoms with Crippen LogP contribution in [0, 0.1) is 0 Å². The molecule has 10 heteroatoms. The second kappa shape index (κ2) is 7.13. The summed E-state index contributed by atoms with van der Waals surface area (Å²) in [4.78, 5) is 12.7. The van der Waals surface area contributed by atoms with Crippen molar-refractivity contribution in [3.8, 4) is 23.0 Å². The number of fused-ring (bicyclic) bond motifs is 2. The highest BCUT2D eigenvalue weighted by Gasteiger charge is 2.38. The first kappa shape index (κ1) is 19.9. The molecule has 2 aromatic rings. The van der Waals surface area contributed by atoms with Gasteiger partial charge in [0.2, 0.25) is 6.79 Å². The maximum absolute atomic E-state index is 13.1. The summed E-state index contributed by atoms with van der Waals surface area (Å²) < 4.78 is 48.5. The number of ether oxygens (including phenoxy) is 4. The average molecular weight is 432 g/mol. The molecule has 2 aliphatic heterocycles. The summed E-state index contributed by atoms with van der Waals surface area (Å²) in [6, 6.07) is 8.07. The topological polar surface area (TPSA) is 103 Å². The van der Waals surface area contributed by atoms with E-state index < -0.39 is 15.9 Å². The minimum absolute atomic E-state index is 0.0955. The van der Waals surface area contributed by atoms with Gasteiger partial charge >= 0.3 is 0 Å². The quantitative estimate of drug-likeness (QED) is 0.792. The zero-order valence-electron chi connectivity index (χ0n) is 16.8. The molecule has 0 aromatic heterocycles. The molecule has 9 nitrogen and oxygen atoms in total. The Bertz CT molecular complexity index is 1190. The summed E-state index contributed by atoms with van der Waals surface area (Å²) in [5.74, 6) is 1.10. The predicted octanol–water partition coefficient (Wildman–Crippen LogP) is 2.58. The highest BCUT2D eigenvalue weighted by molar-refractivity contribution is 7.97. The van der Waals surface area contributed by atoms with E-state index in [-0.39, 0.29) is 11.7 Å². The Kier molecular flexibility index (Phi) is 4.73. The van der Waals surface area contributed by atoms with Gasteiger partial charge in [-0.25, -0.2) is 8.42 Å². The number of nitrogens with zero attached hydrogens (tertiary/aromatic N) is 1. The van der Waals surface area contributed by atoms with Crippen molar-refractivity contribution in [2.45, 2.75) is 6.92 Å². The first-order chi connectivity index (χ1) is 14.3. The van der Waals surface area contributed by atoms with Gasteiger partial charge in [-0.05, 0) is 30.7 Å². The summed E-state index contributed by atoms with van der Waals surface area (Å²) in [6.45, 7) is 1.68. The molecule has 158 valence electrons. The minimum atomic E-state index is -4.09. The fraction of sp³-hybridized carbons (Fsp3) is 0.250. The van der Waals surface area contributed by atoms with Gasteiger partial charge in [0.1, 0.15) is 0 Å². The lowest BCUT2D eigenvalue weighted by molar-refractivity contribution is -0.112. The normalized spacial score (nSPS) is 16.2. The van der Waals surface area contributed by atoms with Crippen LogP contribution >= 0.6 is 0 Å². The molecule has 0 unspecified atom stereocenters. The lowest BCUT2D eigenvalue weighted by Gasteiger charge is -2.30. The molecular formula is C20H20N2O7S. The van der Waals surface area contributed by atoms with Crippen LogP contribution in [0.1, 0.15) is 12.5 Å². The summed E-state index contributed by atoms with van der Waals surface area (Å²) in [5, 5.41) is 2.64. The van der Waals surface area contributed by atoms with Gasteiger partial charge in [-0.15, -0.1) is 0 Å². The number of hydrogen-bond acceptors (Lipinski definition) is 7. The molecule has 0 spiro atoms. The standard InChI is InChI=1S/C20H20N2O7S/c1-11-13-8-16(26-3)17(27-4)9-14(13)22(2)30(24,25)19(11)20(23)21-12-5-6-15-18(7-12)29-10-28-15/h5-9H,10H2,1-4H3,(H,21,23). The lowest BCUT2D eigenvalue weighted by atomic mass is 10.0. The molecule has 0 fully saturated rings. The van der Waals surface area contributed by atoms with Crippen LogP contribution in [0.2, 0.25) is 0 Å². The number of carbonyl (C=O) groups excluding carboxylic acids is 1. The van der Waals surface area contributed by atoms with Crippen LogP contribution in [0.15, 0.2) is 35.2 Å². The van der Waals surface area contributed by atoms with Crippen LogP contribution in [0.4, 0.5) is 11.4 Å². The van der Waals surface area contributed by atoms with Gasteiger partial charge in [0, 0.05) is 30.4 Å². The number of sulfonamides is 1. The number of benzene rings is 2. The van der Waals surface area contributed by atoms with Crippen molar-refractivity contribution in [3.05, 3.63) is 40.8 Å². The minimum Gasteiger partial charge on any atom is -0.493 e. The van der Waals surface area contributed by atoms with E-state index in [0.717, 1.165) is 4.31 Å². The van der Waals surface area contributed by atoms with Crippen molar-refractivity contribution in [2.75, 3.05) is 37.7 Å². The summed E-state index contributed by atoms with van der Waals surface area (Å²) in [6.07, 6.45) is 0. The monoisotopic (exact) mass is 432 g/mol. The van der Waals surface area contributed by atoms with Crippen molar-refractivity contribution in [3.63, 3.8) is 0 Å². The lowest BCUT2D eigenvalue weighted by Crippen LogP contribution is -2.36. The van der Waals surface area contributed by atoms with Gasteiger partial charge in [0.05, 0.1) is 19.9 Å². The van der Waals surface area contributed by atoms with Crippen LogP contribution in [0.3, 0.4) is 0 Å². The zero-order valence-corrected chi connectivity index (χ0v) is 17.6. The fourth-order valence-electron chi connectivity index (χ4n) is 3.46. The van der Waals surface area contributed by atoms with E-state index >= 15 is 0 Å². The van der Waals surface area contributed by atoms with E-state index in [4.69, 9.17) is 18.9 Å². The van der Waals surface area contributed by atoms with E-state index in [9.17, 15) is 13.2 Å². The molecule has 1 amide bonds. The number of anilines is 2. The van der Waals surface area contributed by atoms with Crippen molar-refractivity contribution < 1.29 is 32.2 Å². The van der Waals surface area contributed by atoms with Gasteiger partial charge in [0.15, 0.2) is 27.9 Å². The second-order valence-electron chi connectivity index (χ2n) is 6.67. The van der Waals surface area contributed by atoms with Crippen molar-refractivity contribution >= 4 is 32.9 Å². The maximum Gasteiger partial charge on any atom is 0.269 e. The maximum atomic E-state index is 13.1. The Labute approximate surface area is 173 Å². The van der Waals surface area contributed by atoms with Crippen molar-refractivity contribution in [2.24, 2.45) is 0 Å². The number of hydrogen-bond donors (Lipinski definition) is 1. The van der Waals surface area contributed by atoms with Crippen molar-refractivity contribution in [1.82, 2.24) is 0 Å². The van der Waals surface area contributed by atoms with E-state index in [1.54, 1.807) is 37.3 Å². The molecular weight excluding hydrogens is 412 g/mol. The smallest absolute Gasteiger partial charge is 0.269 e. The number of amides is 1. The Morgan fingerprint density at radius 1 is 1.07 bits per heavy atom. The van der Waals surface area contributed by atoms with Gasteiger partial charge in [-0.2, -0.15) is 0 Å².